The molecular formula is C16H19N3O3S. The van der Waals surface area contributed by atoms with E-state index in [1.807, 2.05) is 19.1 Å². The van der Waals surface area contributed by atoms with E-state index in [9.17, 15) is 9.90 Å². The topological polar surface area (TPSA) is 75.6 Å². The number of hydrogen-bond donors (Lipinski definition) is 1. The summed E-state index contributed by atoms with van der Waals surface area (Å²) in [7, 11) is 1.42. The normalized spacial score (nSPS) is 20.7. The van der Waals surface area contributed by atoms with Gasteiger partial charge in [-0.2, -0.15) is 4.37 Å². The average molecular weight is 333 g/mol. The van der Waals surface area contributed by atoms with Crippen molar-refractivity contribution in [3.63, 3.8) is 0 Å². The molecule has 0 aliphatic carbocycles. The second kappa shape index (κ2) is 6.54. The van der Waals surface area contributed by atoms with E-state index in [1.54, 1.807) is 12.1 Å². The van der Waals surface area contributed by atoms with E-state index >= 15 is 0 Å². The zero-order valence-electron chi connectivity index (χ0n) is 13.1. The van der Waals surface area contributed by atoms with Gasteiger partial charge < -0.3 is 14.7 Å². The van der Waals surface area contributed by atoms with Gasteiger partial charge in [0.25, 0.3) is 0 Å². The van der Waals surface area contributed by atoms with Gasteiger partial charge in [-0.15, -0.1) is 0 Å². The summed E-state index contributed by atoms with van der Waals surface area (Å²) < 4.78 is 9.29. The zero-order chi connectivity index (χ0) is 16.4. The van der Waals surface area contributed by atoms with Gasteiger partial charge in [0.1, 0.15) is 11.6 Å². The van der Waals surface area contributed by atoms with Crippen molar-refractivity contribution in [2.75, 3.05) is 25.1 Å². The SMILES string of the molecule is CCc1nsc(N2C[C@H](C(=O)OC)[C@@H](c3ccc(O)cc3)C2)n1. The molecule has 1 fully saturated rings. The van der Waals surface area contributed by atoms with Gasteiger partial charge in [-0.25, -0.2) is 4.98 Å². The highest BCUT2D eigenvalue weighted by molar-refractivity contribution is 7.09. The third-order valence-corrected chi connectivity index (χ3v) is 5.00. The van der Waals surface area contributed by atoms with Crippen molar-refractivity contribution in [2.45, 2.75) is 19.3 Å². The fourth-order valence-electron chi connectivity index (χ4n) is 2.93. The Bertz CT molecular complexity index is 686. The molecule has 1 aromatic carbocycles. The third kappa shape index (κ3) is 3.14. The summed E-state index contributed by atoms with van der Waals surface area (Å²) in [6.45, 7) is 3.27. The maximum Gasteiger partial charge on any atom is 0.311 e. The third-order valence-electron chi connectivity index (χ3n) is 4.19. The summed E-state index contributed by atoms with van der Waals surface area (Å²) in [5.74, 6) is 0.587. The Morgan fingerprint density at radius 3 is 2.74 bits per heavy atom. The molecule has 0 unspecified atom stereocenters. The Labute approximate surface area is 138 Å². The Kier molecular flexibility index (Phi) is 4.47. The number of phenols is 1. The summed E-state index contributed by atoms with van der Waals surface area (Å²) >= 11 is 1.37. The summed E-state index contributed by atoms with van der Waals surface area (Å²) in [6, 6.07) is 7.01. The zero-order valence-corrected chi connectivity index (χ0v) is 13.9. The van der Waals surface area contributed by atoms with Crippen molar-refractivity contribution < 1.29 is 14.6 Å². The van der Waals surface area contributed by atoms with Crippen LogP contribution < -0.4 is 4.90 Å². The number of nitrogens with zero attached hydrogens (tertiary/aromatic N) is 3. The highest BCUT2D eigenvalue weighted by Gasteiger charge is 2.40. The molecule has 0 saturated carbocycles. The molecule has 0 radical (unpaired) electrons. The lowest BCUT2D eigenvalue weighted by atomic mass is 9.89. The minimum atomic E-state index is -0.251. The monoisotopic (exact) mass is 333 g/mol. The van der Waals surface area contributed by atoms with Gasteiger partial charge in [-0.3, -0.25) is 4.79 Å². The maximum atomic E-state index is 12.2. The molecule has 2 atom stereocenters. The first-order chi connectivity index (χ1) is 11.1. The number of aromatic hydroxyl groups is 1. The number of carbonyl (C=O) groups excluding carboxylic acids is 1. The molecule has 2 aromatic rings. The molecule has 1 saturated heterocycles. The Morgan fingerprint density at radius 1 is 1.39 bits per heavy atom. The van der Waals surface area contributed by atoms with E-state index in [2.05, 4.69) is 14.3 Å². The first-order valence-corrected chi connectivity index (χ1v) is 8.34. The van der Waals surface area contributed by atoms with Crippen LogP contribution in [0.2, 0.25) is 0 Å². The van der Waals surface area contributed by atoms with E-state index in [0.29, 0.717) is 13.1 Å². The van der Waals surface area contributed by atoms with Gasteiger partial charge in [0.15, 0.2) is 0 Å². The molecule has 3 rings (SSSR count). The predicted molar refractivity (Wildman–Crippen MR) is 87.9 cm³/mol. The number of esters is 1. The number of carbonyl (C=O) groups is 1. The van der Waals surface area contributed by atoms with Gasteiger partial charge in [0, 0.05) is 37.0 Å². The van der Waals surface area contributed by atoms with E-state index in [0.717, 1.165) is 22.9 Å². The van der Waals surface area contributed by atoms with Gasteiger partial charge in [-0.1, -0.05) is 19.1 Å². The number of rotatable bonds is 4. The van der Waals surface area contributed by atoms with E-state index < -0.39 is 0 Å². The van der Waals surface area contributed by atoms with Crippen LogP contribution in [0.25, 0.3) is 0 Å². The molecular weight excluding hydrogens is 314 g/mol. The molecule has 122 valence electrons. The highest BCUT2D eigenvalue weighted by Crippen LogP contribution is 2.37. The molecule has 0 spiro atoms. The molecule has 1 aliphatic rings. The number of ether oxygens (including phenoxy) is 1. The van der Waals surface area contributed by atoms with Crippen molar-refractivity contribution in [2.24, 2.45) is 5.92 Å². The molecule has 0 amide bonds. The summed E-state index contributed by atoms with van der Waals surface area (Å²) in [6.07, 6.45) is 0.798. The Balaban J connectivity index is 1.87. The van der Waals surface area contributed by atoms with Crippen LogP contribution in [0.1, 0.15) is 24.2 Å². The fourth-order valence-corrected chi connectivity index (χ4v) is 3.69. The minimum Gasteiger partial charge on any atom is -0.508 e. The minimum absolute atomic E-state index is 0.0111. The number of aryl methyl sites for hydroxylation is 1. The standard InChI is InChI=1S/C16H19N3O3S/c1-3-14-17-16(23-18-14)19-8-12(13(9-19)15(21)22-2)10-4-6-11(20)7-5-10/h4-7,12-13,20H,3,8-9H2,1-2H3/t12-,13+/m1/s1. The highest BCUT2D eigenvalue weighted by atomic mass is 32.1. The van der Waals surface area contributed by atoms with Crippen molar-refractivity contribution in [1.29, 1.82) is 0 Å². The van der Waals surface area contributed by atoms with Crippen LogP contribution in [0.3, 0.4) is 0 Å². The quantitative estimate of drug-likeness (QED) is 0.865. The molecule has 7 heteroatoms. The lowest BCUT2D eigenvalue weighted by Crippen LogP contribution is -2.24. The summed E-state index contributed by atoms with van der Waals surface area (Å²) in [5.41, 5.74) is 1.01. The lowest BCUT2D eigenvalue weighted by molar-refractivity contribution is -0.145. The maximum absolute atomic E-state index is 12.2. The van der Waals surface area contributed by atoms with Crippen LogP contribution in [0.4, 0.5) is 5.13 Å². The second-order valence-electron chi connectivity index (χ2n) is 5.58. The Morgan fingerprint density at radius 2 is 2.13 bits per heavy atom. The van der Waals surface area contributed by atoms with E-state index in [4.69, 9.17) is 4.74 Å². The van der Waals surface area contributed by atoms with Crippen molar-refractivity contribution in [1.82, 2.24) is 9.36 Å². The molecule has 1 N–H and O–H groups in total. The molecule has 0 bridgehead atoms. The van der Waals surface area contributed by atoms with Crippen LogP contribution >= 0.6 is 11.5 Å². The molecule has 23 heavy (non-hydrogen) atoms. The molecule has 1 aliphatic heterocycles. The van der Waals surface area contributed by atoms with Crippen molar-refractivity contribution >= 4 is 22.6 Å². The number of anilines is 1. The molecule has 2 heterocycles. The van der Waals surface area contributed by atoms with Gasteiger partial charge in [0.2, 0.25) is 5.13 Å². The van der Waals surface area contributed by atoms with Gasteiger partial charge in [0.05, 0.1) is 13.0 Å². The largest absolute Gasteiger partial charge is 0.508 e. The number of aromatic nitrogens is 2. The first kappa shape index (κ1) is 15.7. The smallest absolute Gasteiger partial charge is 0.311 e. The predicted octanol–water partition coefficient (Wildman–Crippen LogP) is 2.20. The lowest BCUT2D eigenvalue weighted by Gasteiger charge is -2.16. The summed E-state index contributed by atoms with van der Waals surface area (Å²) in [4.78, 5) is 18.8. The van der Waals surface area contributed by atoms with Crippen molar-refractivity contribution in [3.05, 3.63) is 35.7 Å². The number of benzene rings is 1. The van der Waals surface area contributed by atoms with Crippen LogP contribution in [0.15, 0.2) is 24.3 Å². The molecule has 1 aromatic heterocycles. The Hall–Kier alpha value is -2.15. The van der Waals surface area contributed by atoms with Crippen LogP contribution in [-0.2, 0) is 16.0 Å². The number of hydrogen-bond acceptors (Lipinski definition) is 7. The van der Waals surface area contributed by atoms with E-state index in [1.165, 1.54) is 18.6 Å². The number of phenolic OH excluding ortho intramolecular Hbond substituents is 1. The summed E-state index contributed by atoms with van der Waals surface area (Å²) in [5, 5.41) is 10.3. The first-order valence-electron chi connectivity index (χ1n) is 7.56. The van der Waals surface area contributed by atoms with Crippen LogP contribution in [-0.4, -0.2) is 40.6 Å². The average Bonchev–Trinajstić information content (AvgIpc) is 3.21. The second-order valence-corrected chi connectivity index (χ2v) is 6.31. The fraction of sp³-hybridized carbons (Fsp3) is 0.438. The van der Waals surface area contributed by atoms with Crippen molar-refractivity contribution in [3.8, 4) is 5.75 Å². The van der Waals surface area contributed by atoms with Crippen LogP contribution in [0.5, 0.6) is 5.75 Å². The molecule has 6 nitrogen and oxygen atoms in total. The number of methoxy groups -OCH3 is 1. The van der Waals surface area contributed by atoms with E-state index in [-0.39, 0.29) is 23.6 Å². The van der Waals surface area contributed by atoms with Gasteiger partial charge >= 0.3 is 5.97 Å². The van der Waals surface area contributed by atoms with Gasteiger partial charge in [-0.05, 0) is 17.7 Å². The van der Waals surface area contributed by atoms with Crippen LogP contribution in [0, 0.1) is 5.92 Å².